The Labute approximate surface area is 192 Å². The molecule has 0 N–H and O–H groups in total. The fourth-order valence-corrected chi connectivity index (χ4v) is 6.77. The van der Waals surface area contributed by atoms with Gasteiger partial charge in [0.1, 0.15) is 0 Å². The molecule has 8 heteroatoms. The van der Waals surface area contributed by atoms with E-state index in [1.54, 1.807) is 10.4 Å². The number of aryl methyl sites for hydroxylation is 1. The molecule has 3 aliphatic heterocycles. The van der Waals surface area contributed by atoms with Crippen LogP contribution in [0.15, 0.2) is 17.0 Å². The highest BCUT2D eigenvalue weighted by atomic mass is 32.2. The normalized spacial score (nSPS) is 24.2. The number of piperidine rings is 1. The molecule has 3 saturated heterocycles. The quantitative estimate of drug-likeness (QED) is 0.672. The van der Waals surface area contributed by atoms with Crippen molar-refractivity contribution in [3.05, 3.63) is 28.8 Å². The van der Waals surface area contributed by atoms with Crippen LogP contribution >= 0.6 is 0 Å². The third kappa shape index (κ3) is 5.03. The second kappa shape index (κ2) is 9.79. The second-order valence-corrected chi connectivity index (χ2v) is 11.6. The number of carbonyl (C=O) groups is 1. The molecular formula is C24H37N3O4S. The van der Waals surface area contributed by atoms with Gasteiger partial charge in [-0.2, -0.15) is 4.31 Å². The molecule has 1 unspecified atom stereocenters. The molecule has 3 aliphatic rings. The lowest BCUT2D eigenvalue weighted by molar-refractivity contribution is 0.0432. The zero-order chi connectivity index (χ0) is 22.9. The van der Waals surface area contributed by atoms with E-state index in [-0.39, 0.29) is 10.8 Å². The topological polar surface area (TPSA) is 70.2 Å². The van der Waals surface area contributed by atoms with Crippen molar-refractivity contribution in [2.24, 2.45) is 5.92 Å². The van der Waals surface area contributed by atoms with E-state index in [0.29, 0.717) is 43.8 Å². The molecule has 0 saturated carbocycles. The monoisotopic (exact) mass is 463 g/mol. The first kappa shape index (κ1) is 23.7. The molecule has 0 radical (unpaired) electrons. The molecule has 178 valence electrons. The van der Waals surface area contributed by atoms with Crippen LogP contribution in [0.1, 0.15) is 54.1 Å². The molecule has 0 aliphatic carbocycles. The summed E-state index contributed by atoms with van der Waals surface area (Å²) >= 11 is 0. The van der Waals surface area contributed by atoms with E-state index >= 15 is 0 Å². The molecule has 1 aromatic rings. The lowest BCUT2D eigenvalue weighted by atomic mass is 10.0. The zero-order valence-corrected chi connectivity index (χ0v) is 20.5. The van der Waals surface area contributed by atoms with Crippen LogP contribution in [0.25, 0.3) is 0 Å². The van der Waals surface area contributed by atoms with Crippen LogP contribution in [-0.2, 0) is 14.8 Å². The number of ether oxygens (including phenoxy) is 1. The maximum atomic E-state index is 13.4. The van der Waals surface area contributed by atoms with Gasteiger partial charge >= 0.3 is 0 Å². The Hall–Kier alpha value is -1.48. The largest absolute Gasteiger partial charge is 0.377 e. The van der Waals surface area contributed by atoms with Gasteiger partial charge in [0, 0.05) is 58.0 Å². The van der Waals surface area contributed by atoms with Crippen LogP contribution < -0.4 is 0 Å². The Morgan fingerprint density at radius 2 is 1.72 bits per heavy atom. The van der Waals surface area contributed by atoms with Gasteiger partial charge in [0.05, 0.1) is 11.0 Å². The Morgan fingerprint density at radius 3 is 2.34 bits per heavy atom. The zero-order valence-electron chi connectivity index (χ0n) is 19.7. The van der Waals surface area contributed by atoms with Crippen LogP contribution in [0.3, 0.4) is 0 Å². The Morgan fingerprint density at radius 1 is 1.03 bits per heavy atom. The van der Waals surface area contributed by atoms with Gasteiger partial charge in [-0.1, -0.05) is 6.92 Å². The summed E-state index contributed by atoms with van der Waals surface area (Å²) in [6.45, 7) is 11.8. The first-order valence-electron chi connectivity index (χ1n) is 12.0. The Kier molecular flexibility index (Phi) is 7.24. The minimum atomic E-state index is -3.61. The average molecular weight is 464 g/mol. The molecule has 3 fully saturated rings. The molecule has 0 bridgehead atoms. The average Bonchev–Trinajstić information content (AvgIpc) is 3.29. The summed E-state index contributed by atoms with van der Waals surface area (Å²) in [6.07, 6.45) is 4.34. The van der Waals surface area contributed by atoms with Crippen molar-refractivity contribution in [3.8, 4) is 0 Å². The first-order chi connectivity index (χ1) is 15.3. The van der Waals surface area contributed by atoms with Gasteiger partial charge in [0.15, 0.2) is 0 Å². The van der Waals surface area contributed by atoms with Gasteiger partial charge in [0.25, 0.3) is 5.91 Å². The number of benzene rings is 1. The Bertz CT molecular complexity index is 927. The Balaban J connectivity index is 1.47. The van der Waals surface area contributed by atoms with Gasteiger partial charge in [-0.3, -0.25) is 9.69 Å². The van der Waals surface area contributed by atoms with E-state index in [9.17, 15) is 13.2 Å². The number of nitrogens with zero attached hydrogens (tertiary/aromatic N) is 3. The molecular weight excluding hydrogens is 426 g/mol. The predicted octanol–water partition coefficient (Wildman–Crippen LogP) is 2.66. The summed E-state index contributed by atoms with van der Waals surface area (Å²) in [6, 6.07) is 3.45. The number of sulfonamides is 1. The van der Waals surface area contributed by atoms with E-state index in [2.05, 4.69) is 11.8 Å². The molecule has 7 nitrogen and oxygen atoms in total. The molecule has 32 heavy (non-hydrogen) atoms. The van der Waals surface area contributed by atoms with E-state index in [1.807, 2.05) is 24.8 Å². The predicted molar refractivity (Wildman–Crippen MR) is 124 cm³/mol. The number of piperazine rings is 1. The minimum Gasteiger partial charge on any atom is -0.377 e. The molecule has 1 amide bonds. The van der Waals surface area contributed by atoms with Crippen LogP contribution in [0.2, 0.25) is 0 Å². The number of hydrogen-bond donors (Lipinski definition) is 0. The van der Waals surface area contributed by atoms with Crippen molar-refractivity contribution in [2.45, 2.75) is 57.5 Å². The summed E-state index contributed by atoms with van der Waals surface area (Å²) in [5.41, 5.74) is 2.06. The van der Waals surface area contributed by atoms with Crippen LogP contribution in [-0.4, -0.2) is 87.0 Å². The van der Waals surface area contributed by atoms with Crippen LogP contribution in [0.5, 0.6) is 0 Å². The number of carbonyl (C=O) groups excluding carboxylic acids is 1. The van der Waals surface area contributed by atoms with Crippen molar-refractivity contribution in [1.82, 2.24) is 14.1 Å². The lowest BCUT2D eigenvalue weighted by Gasteiger charge is -2.36. The molecule has 4 rings (SSSR count). The molecule has 0 spiro atoms. The van der Waals surface area contributed by atoms with Crippen molar-refractivity contribution in [2.75, 3.05) is 52.4 Å². The van der Waals surface area contributed by atoms with E-state index in [0.717, 1.165) is 63.1 Å². The smallest absolute Gasteiger partial charge is 0.253 e. The van der Waals surface area contributed by atoms with Crippen LogP contribution in [0.4, 0.5) is 0 Å². The van der Waals surface area contributed by atoms with Crippen molar-refractivity contribution in [1.29, 1.82) is 0 Å². The number of amides is 1. The van der Waals surface area contributed by atoms with Gasteiger partial charge in [-0.25, -0.2) is 8.42 Å². The van der Waals surface area contributed by atoms with Crippen molar-refractivity contribution < 1.29 is 17.9 Å². The highest BCUT2D eigenvalue weighted by Crippen LogP contribution is 2.28. The van der Waals surface area contributed by atoms with E-state index < -0.39 is 10.0 Å². The maximum Gasteiger partial charge on any atom is 0.253 e. The van der Waals surface area contributed by atoms with Crippen LogP contribution in [0, 0.1) is 19.8 Å². The number of rotatable bonds is 5. The van der Waals surface area contributed by atoms with Crippen molar-refractivity contribution >= 4 is 15.9 Å². The highest BCUT2D eigenvalue weighted by molar-refractivity contribution is 7.89. The summed E-state index contributed by atoms with van der Waals surface area (Å²) in [4.78, 5) is 17.8. The molecule has 0 aromatic heterocycles. The number of hydrogen-bond acceptors (Lipinski definition) is 5. The second-order valence-electron chi connectivity index (χ2n) is 9.73. The molecule has 3 heterocycles. The third-order valence-corrected chi connectivity index (χ3v) is 9.40. The summed E-state index contributed by atoms with van der Waals surface area (Å²) in [5, 5.41) is 0. The first-order valence-corrected chi connectivity index (χ1v) is 13.4. The highest BCUT2D eigenvalue weighted by Gasteiger charge is 2.31. The SMILES string of the molecule is Cc1cc(C(=O)N2CCN(CC3CCCO3)CC2)cc(S(=O)(=O)N2CCC(C)CC2)c1C. The van der Waals surface area contributed by atoms with Gasteiger partial charge in [-0.15, -0.1) is 0 Å². The maximum absolute atomic E-state index is 13.4. The van der Waals surface area contributed by atoms with Gasteiger partial charge < -0.3 is 9.64 Å². The summed E-state index contributed by atoms with van der Waals surface area (Å²) in [5.74, 6) is 0.477. The van der Waals surface area contributed by atoms with Gasteiger partial charge in [0.2, 0.25) is 10.0 Å². The fraction of sp³-hybridized carbons (Fsp3) is 0.708. The molecule has 1 aromatic carbocycles. The standard InChI is InChI=1S/C24H37N3O4S/c1-18-6-8-27(9-7-18)32(29,30)23-16-21(15-19(2)20(23)3)24(28)26-12-10-25(11-13-26)17-22-5-4-14-31-22/h15-16,18,22H,4-14,17H2,1-3H3. The lowest BCUT2D eigenvalue weighted by Crippen LogP contribution is -2.50. The fourth-order valence-electron chi connectivity index (χ4n) is 4.98. The van der Waals surface area contributed by atoms with E-state index in [4.69, 9.17) is 4.74 Å². The van der Waals surface area contributed by atoms with Gasteiger partial charge in [-0.05, 0) is 68.7 Å². The summed E-state index contributed by atoms with van der Waals surface area (Å²) < 4.78 is 34.1. The third-order valence-electron chi connectivity index (χ3n) is 7.37. The molecule has 1 atom stereocenters. The summed E-state index contributed by atoms with van der Waals surface area (Å²) in [7, 11) is -3.61. The van der Waals surface area contributed by atoms with E-state index in [1.165, 1.54) is 0 Å². The minimum absolute atomic E-state index is 0.0754. The van der Waals surface area contributed by atoms with Crippen molar-refractivity contribution in [3.63, 3.8) is 0 Å².